The summed E-state index contributed by atoms with van der Waals surface area (Å²) >= 11 is 3.18. The van der Waals surface area contributed by atoms with Crippen molar-refractivity contribution in [1.29, 1.82) is 0 Å². The van der Waals surface area contributed by atoms with Crippen LogP contribution in [0.3, 0.4) is 0 Å². The summed E-state index contributed by atoms with van der Waals surface area (Å²) < 4.78 is 0. The molecule has 0 aromatic carbocycles. The molecule has 112 valence electrons. The highest BCUT2D eigenvalue weighted by Gasteiger charge is 2.18. The molecule has 0 saturated heterocycles. The summed E-state index contributed by atoms with van der Waals surface area (Å²) in [5.74, 6) is -0.0874. The number of nitrogens with zero attached hydrogens (tertiary/aromatic N) is 1. The van der Waals surface area contributed by atoms with E-state index in [0.29, 0.717) is 5.75 Å². The molecule has 0 saturated carbocycles. The fourth-order valence-corrected chi connectivity index (χ4v) is 3.02. The number of carboxylic acids is 1. The van der Waals surface area contributed by atoms with Gasteiger partial charge in [0, 0.05) is 36.3 Å². The Morgan fingerprint density at radius 1 is 1.55 bits per heavy atom. The molecule has 20 heavy (non-hydrogen) atoms. The van der Waals surface area contributed by atoms with Crippen molar-refractivity contribution in [1.82, 2.24) is 10.3 Å². The van der Waals surface area contributed by atoms with Gasteiger partial charge in [0.05, 0.1) is 10.7 Å². The minimum Gasteiger partial charge on any atom is -0.480 e. The first-order valence-electron chi connectivity index (χ1n) is 6.14. The summed E-state index contributed by atoms with van der Waals surface area (Å²) in [6.07, 6.45) is 0.273. The van der Waals surface area contributed by atoms with Crippen LogP contribution in [-0.2, 0) is 15.3 Å². The third kappa shape index (κ3) is 6.36. The van der Waals surface area contributed by atoms with E-state index in [1.54, 1.807) is 23.1 Å². The Balaban J connectivity index is 2.20. The maximum atomic E-state index is 11.6. The summed E-state index contributed by atoms with van der Waals surface area (Å²) in [4.78, 5) is 26.7. The fourth-order valence-electron chi connectivity index (χ4n) is 1.47. The summed E-state index contributed by atoms with van der Waals surface area (Å²) in [6.45, 7) is 1.68. The molecule has 1 rings (SSSR count). The molecule has 0 spiro atoms. The van der Waals surface area contributed by atoms with Crippen molar-refractivity contribution in [3.63, 3.8) is 0 Å². The molecular weight excluding hydrogens is 300 g/mol. The van der Waals surface area contributed by atoms with E-state index in [1.807, 2.05) is 12.3 Å². The predicted octanol–water partition coefficient (Wildman–Crippen LogP) is 1.03. The molecule has 0 aliphatic carbocycles. The Labute approximate surface area is 125 Å². The zero-order valence-corrected chi connectivity index (χ0v) is 12.8. The zero-order chi connectivity index (χ0) is 15.0. The number of aromatic nitrogens is 1. The van der Waals surface area contributed by atoms with Gasteiger partial charge >= 0.3 is 5.97 Å². The number of rotatable bonds is 9. The van der Waals surface area contributed by atoms with Gasteiger partial charge in [0.25, 0.3) is 0 Å². The number of amides is 1. The van der Waals surface area contributed by atoms with Gasteiger partial charge in [-0.3, -0.25) is 4.79 Å². The Morgan fingerprint density at radius 3 is 2.85 bits per heavy atom. The summed E-state index contributed by atoms with van der Waals surface area (Å²) in [6, 6.07) is -1.02. The smallest absolute Gasteiger partial charge is 0.326 e. The van der Waals surface area contributed by atoms with Crippen LogP contribution in [0.5, 0.6) is 0 Å². The van der Waals surface area contributed by atoms with Gasteiger partial charge in [0.15, 0.2) is 0 Å². The highest BCUT2D eigenvalue weighted by molar-refractivity contribution is 7.98. The van der Waals surface area contributed by atoms with Crippen molar-refractivity contribution >= 4 is 35.0 Å². The van der Waals surface area contributed by atoms with Crippen LogP contribution in [0.15, 0.2) is 5.38 Å². The minimum atomic E-state index is -1.13. The molecule has 1 amide bonds. The molecule has 0 bridgehead atoms. The maximum Gasteiger partial charge on any atom is 0.326 e. The molecule has 1 aromatic heterocycles. The number of aliphatic hydroxyl groups is 1. The Kier molecular flexibility index (Phi) is 7.56. The first-order chi connectivity index (χ1) is 9.52. The zero-order valence-electron chi connectivity index (χ0n) is 11.2. The number of hydrogen-bond acceptors (Lipinski definition) is 6. The second-order valence-corrected chi connectivity index (χ2v) is 6.30. The fraction of sp³-hybridized carbons (Fsp3) is 0.583. The lowest BCUT2D eigenvalue weighted by molar-refractivity contribution is -0.142. The predicted molar refractivity (Wildman–Crippen MR) is 78.9 cm³/mol. The van der Waals surface area contributed by atoms with E-state index in [1.165, 1.54) is 0 Å². The van der Waals surface area contributed by atoms with E-state index in [-0.39, 0.29) is 25.4 Å². The monoisotopic (exact) mass is 318 g/mol. The Hall–Kier alpha value is -1.12. The van der Waals surface area contributed by atoms with Crippen LogP contribution in [0.4, 0.5) is 0 Å². The van der Waals surface area contributed by atoms with Gasteiger partial charge in [-0.15, -0.1) is 11.3 Å². The van der Waals surface area contributed by atoms with Gasteiger partial charge in [0.1, 0.15) is 6.04 Å². The van der Waals surface area contributed by atoms with Crippen LogP contribution in [0.1, 0.15) is 23.5 Å². The molecule has 1 atom stereocenters. The van der Waals surface area contributed by atoms with Crippen LogP contribution in [-0.4, -0.2) is 45.5 Å². The van der Waals surface area contributed by atoms with Gasteiger partial charge < -0.3 is 15.5 Å². The van der Waals surface area contributed by atoms with E-state index in [9.17, 15) is 9.59 Å². The molecule has 0 aliphatic rings. The number of carbonyl (C=O) groups is 2. The number of aliphatic carboxylic acids is 1. The molecule has 6 nitrogen and oxygen atoms in total. The molecule has 1 aromatic rings. The highest BCUT2D eigenvalue weighted by Crippen LogP contribution is 2.15. The van der Waals surface area contributed by atoms with E-state index in [2.05, 4.69) is 10.3 Å². The van der Waals surface area contributed by atoms with Crippen LogP contribution in [0, 0.1) is 6.92 Å². The summed E-state index contributed by atoms with van der Waals surface area (Å²) in [7, 11) is 0. The van der Waals surface area contributed by atoms with E-state index in [0.717, 1.165) is 16.5 Å². The number of aryl methyl sites for hydroxylation is 1. The second kappa shape index (κ2) is 8.93. The van der Waals surface area contributed by atoms with Crippen LogP contribution in [0.25, 0.3) is 0 Å². The number of carbonyl (C=O) groups excluding carboxylic acids is 1. The minimum absolute atomic E-state index is 0.0202. The third-order valence-electron chi connectivity index (χ3n) is 2.44. The van der Waals surface area contributed by atoms with Gasteiger partial charge in [-0.1, -0.05) is 0 Å². The highest BCUT2D eigenvalue weighted by atomic mass is 32.2. The Morgan fingerprint density at radius 2 is 2.30 bits per heavy atom. The summed E-state index contributed by atoms with van der Waals surface area (Å²) in [5.41, 5.74) is 1.00. The molecule has 0 aliphatic heterocycles. The number of thiazole rings is 1. The van der Waals surface area contributed by atoms with E-state index < -0.39 is 12.0 Å². The normalized spacial score (nSPS) is 12.1. The van der Waals surface area contributed by atoms with E-state index >= 15 is 0 Å². The number of nitrogens with one attached hydrogen (secondary N) is 1. The van der Waals surface area contributed by atoms with Gasteiger partial charge in [0.2, 0.25) is 5.91 Å². The lowest BCUT2D eigenvalue weighted by Crippen LogP contribution is -2.41. The van der Waals surface area contributed by atoms with Gasteiger partial charge in [-0.2, -0.15) is 11.8 Å². The average Bonchev–Trinajstić information content (AvgIpc) is 2.80. The second-order valence-electron chi connectivity index (χ2n) is 4.13. The molecule has 3 N–H and O–H groups in total. The molecule has 0 radical (unpaired) electrons. The maximum absolute atomic E-state index is 11.6. The van der Waals surface area contributed by atoms with Crippen LogP contribution in [0.2, 0.25) is 0 Å². The number of aliphatic hydroxyl groups excluding tert-OH is 1. The van der Waals surface area contributed by atoms with Crippen LogP contribution >= 0.6 is 23.1 Å². The van der Waals surface area contributed by atoms with Gasteiger partial charge in [-0.05, 0) is 6.92 Å². The summed E-state index contributed by atoms with van der Waals surface area (Å²) in [5, 5.41) is 23.0. The largest absolute Gasteiger partial charge is 0.480 e. The van der Waals surface area contributed by atoms with Crippen molar-refractivity contribution in [2.45, 2.75) is 31.6 Å². The molecule has 1 heterocycles. The molecule has 0 fully saturated rings. The van der Waals surface area contributed by atoms with Gasteiger partial charge in [-0.25, -0.2) is 9.78 Å². The van der Waals surface area contributed by atoms with Crippen molar-refractivity contribution in [2.24, 2.45) is 0 Å². The standard InChI is InChI=1S/C12H18N2O4S2/c1-8-13-9(7-20-8)6-19-5-3-11(16)14-10(2-4-15)12(17)18/h7,10,15H,2-6H2,1H3,(H,14,16)(H,17,18)/t10-/m1/s1. The van der Waals surface area contributed by atoms with Crippen LogP contribution < -0.4 is 5.32 Å². The number of carboxylic acid groups (broad SMARTS) is 1. The van der Waals surface area contributed by atoms with E-state index in [4.69, 9.17) is 10.2 Å². The first kappa shape index (κ1) is 16.9. The molecule has 8 heteroatoms. The molecule has 0 unspecified atom stereocenters. The average molecular weight is 318 g/mol. The molecular formula is C12H18N2O4S2. The SMILES string of the molecule is Cc1nc(CSCCC(=O)N[C@H](CCO)C(=O)O)cs1. The van der Waals surface area contributed by atoms with Crippen molar-refractivity contribution in [3.8, 4) is 0 Å². The van der Waals surface area contributed by atoms with Crippen molar-refractivity contribution in [3.05, 3.63) is 16.1 Å². The lowest BCUT2D eigenvalue weighted by atomic mass is 10.2. The quantitative estimate of drug-likeness (QED) is 0.588. The topological polar surface area (TPSA) is 99.5 Å². The Bertz CT molecular complexity index is 450. The van der Waals surface area contributed by atoms with Crippen molar-refractivity contribution < 1.29 is 19.8 Å². The number of hydrogen-bond donors (Lipinski definition) is 3. The first-order valence-corrected chi connectivity index (χ1v) is 8.18. The lowest BCUT2D eigenvalue weighted by Gasteiger charge is -2.12. The van der Waals surface area contributed by atoms with Crippen molar-refractivity contribution in [2.75, 3.05) is 12.4 Å². The third-order valence-corrected chi connectivity index (χ3v) is 4.26. The number of thioether (sulfide) groups is 1.